The van der Waals surface area contributed by atoms with Crippen LogP contribution in [0.5, 0.6) is 0 Å². The molecule has 4 heteroatoms. The Morgan fingerprint density at radius 2 is 1.31 bits per heavy atom. The van der Waals surface area contributed by atoms with Crippen molar-refractivity contribution in [1.82, 2.24) is 0 Å². The van der Waals surface area contributed by atoms with Crippen LogP contribution < -0.4 is 0 Å². The molecule has 0 saturated carbocycles. The molecule has 0 spiro atoms. The molecule has 1 N–H and O–H groups in total. The Labute approximate surface area is 157 Å². The second kappa shape index (κ2) is 10.3. The molecule has 0 aromatic heterocycles. The third-order valence-electron chi connectivity index (χ3n) is 5.66. The fraction of sp³-hybridized carbons (Fsp3) is 0.727. The maximum atomic E-state index is 13.8. The van der Waals surface area contributed by atoms with Crippen LogP contribution in [0.2, 0.25) is 0 Å². The van der Waals surface area contributed by atoms with Crippen LogP contribution in [0.1, 0.15) is 91.0 Å². The summed E-state index contributed by atoms with van der Waals surface area (Å²) >= 11 is 0. The summed E-state index contributed by atoms with van der Waals surface area (Å²) in [6.07, 6.45) is 7.21. The van der Waals surface area contributed by atoms with Crippen molar-refractivity contribution in [3.63, 3.8) is 0 Å². The van der Waals surface area contributed by atoms with Gasteiger partial charge in [-0.3, -0.25) is 0 Å². The second-order valence-corrected chi connectivity index (χ2v) is 8.10. The van der Waals surface area contributed by atoms with Gasteiger partial charge in [-0.2, -0.15) is 0 Å². The third-order valence-corrected chi connectivity index (χ3v) is 5.66. The van der Waals surface area contributed by atoms with Gasteiger partial charge in [0.2, 0.25) is 0 Å². The molecule has 0 fully saturated rings. The van der Waals surface area contributed by atoms with Crippen LogP contribution in [-0.4, -0.2) is 10.7 Å². The molecule has 0 radical (unpaired) electrons. The van der Waals surface area contributed by atoms with Crippen molar-refractivity contribution in [3.05, 3.63) is 35.1 Å². The van der Waals surface area contributed by atoms with E-state index in [4.69, 9.17) is 0 Å². The van der Waals surface area contributed by atoms with E-state index < -0.39 is 29.0 Å². The second-order valence-electron chi connectivity index (χ2n) is 8.10. The van der Waals surface area contributed by atoms with Gasteiger partial charge < -0.3 is 5.11 Å². The SMILES string of the molecule is CCCCCCCCC(c1cc(F)c(F)c(F)c1)C(O)(C(C)C)C(C)C. The molecule has 0 aliphatic rings. The zero-order valence-electron chi connectivity index (χ0n) is 16.9. The molecule has 1 unspecified atom stereocenters. The lowest BCUT2D eigenvalue weighted by Crippen LogP contribution is -2.46. The summed E-state index contributed by atoms with van der Waals surface area (Å²) in [6.45, 7) is 9.85. The molecular formula is C22H35F3O. The maximum Gasteiger partial charge on any atom is 0.194 e. The van der Waals surface area contributed by atoms with Gasteiger partial charge in [-0.25, -0.2) is 13.2 Å². The highest BCUT2D eigenvalue weighted by Crippen LogP contribution is 2.43. The smallest absolute Gasteiger partial charge is 0.194 e. The summed E-state index contributed by atoms with van der Waals surface area (Å²) in [7, 11) is 0. The molecule has 1 aromatic carbocycles. The quantitative estimate of drug-likeness (QED) is 0.328. The Balaban J connectivity index is 3.09. The van der Waals surface area contributed by atoms with E-state index in [1.807, 2.05) is 27.7 Å². The number of halogens is 3. The average Bonchev–Trinajstić information content (AvgIpc) is 2.57. The first-order valence-corrected chi connectivity index (χ1v) is 10.0. The van der Waals surface area contributed by atoms with Gasteiger partial charge in [0.15, 0.2) is 17.5 Å². The van der Waals surface area contributed by atoms with Crippen molar-refractivity contribution in [3.8, 4) is 0 Å². The van der Waals surface area contributed by atoms with Gasteiger partial charge in [-0.05, 0) is 36.0 Å². The van der Waals surface area contributed by atoms with Gasteiger partial charge in [-0.1, -0.05) is 73.1 Å². The summed E-state index contributed by atoms with van der Waals surface area (Å²) in [6, 6.07) is 2.10. The summed E-state index contributed by atoms with van der Waals surface area (Å²) in [4.78, 5) is 0. The van der Waals surface area contributed by atoms with Gasteiger partial charge in [0.05, 0.1) is 5.60 Å². The molecule has 0 aliphatic heterocycles. The Kier molecular flexibility index (Phi) is 9.15. The molecule has 1 atom stereocenters. The van der Waals surface area contributed by atoms with Gasteiger partial charge in [0, 0.05) is 5.92 Å². The van der Waals surface area contributed by atoms with Crippen LogP contribution in [-0.2, 0) is 0 Å². The van der Waals surface area contributed by atoms with Crippen LogP contribution in [0.15, 0.2) is 12.1 Å². The van der Waals surface area contributed by atoms with E-state index in [0.717, 1.165) is 31.4 Å². The first kappa shape index (κ1) is 23.0. The third kappa shape index (κ3) is 5.48. The summed E-state index contributed by atoms with van der Waals surface area (Å²) in [5, 5.41) is 11.4. The molecular weight excluding hydrogens is 337 g/mol. The van der Waals surface area contributed by atoms with E-state index in [2.05, 4.69) is 6.92 Å². The molecule has 1 nitrogen and oxygen atoms in total. The topological polar surface area (TPSA) is 20.2 Å². The lowest BCUT2D eigenvalue weighted by molar-refractivity contribution is -0.0732. The monoisotopic (exact) mass is 372 g/mol. The minimum atomic E-state index is -1.45. The number of benzene rings is 1. The highest BCUT2D eigenvalue weighted by atomic mass is 19.2. The molecule has 0 saturated heterocycles. The van der Waals surface area contributed by atoms with Crippen LogP contribution >= 0.6 is 0 Å². The van der Waals surface area contributed by atoms with E-state index >= 15 is 0 Å². The van der Waals surface area contributed by atoms with E-state index in [-0.39, 0.29) is 11.8 Å². The normalized spacial score (nSPS) is 13.7. The molecule has 150 valence electrons. The minimum absolute atomic E-state index is 0.0937. The number of hydrogen-bond donors (Lipinski definition) is 1. The lowest BCUT2D eigenvalue weighted by Gasteiger charge is -2.43. The Morgan fingerprint density at radius 1 is 0.846 bits per heavy atom. The number of unbranched alkanes of at least 4 members (excludes halogenated alkanes) is 5. The maximum absolute atomic E-state index is 13.8. The molecule has 0 amide bonds. The highest BCUT2D eigenvalue weighted by Gasteiger charge is 2.43. The standard InChI is InChI=1S/C22H35F3O/c1-6-7-8-9-10-11-12-18(22(26,15(2)3)16(4)5)17-13-19(23)21(25)20(24)14-17/h13-16,18,26H,6-12H2,1-5H3. The van der Waals surface area contributed by atoms with Crippen molar-refractivity contribution in [2.45, 2.75) is 91.1 Å². The van der Waals surface area contributed by atoms with Crippen molar-refractivity contribution in [2.75, 3.05) is 0 Å². The van der Waals surface area contributed by atoms with E-state index in [0.29, 0.717) is 12.0 Å². The zero-order valence-corrected chi connectivity index (χ0v) is 16.9. The molecule has 26 heavy (non-hydrogen) atoms. The Hall–Kier alpha value is -1.03. The van der Waals surface area contributed by atoms with E-state index in [1.54, 1.807) is 0 Å². The van der Waals surface area contributed by atoms with Gasteiger partial charge >= 0.3 is 0 Å². The largest absolute Gasteiger partial charge is 0.389 e. The van der Waals surface area contributed by atoms with Crippen molar-refractivity contribution in [1.29, 1.82) is 0 Å². The van der Waals surface area contributed by atoms with Crippen molar-refractivity contribution in [2.24, 2.45) is 11.8 Å². The Bertz CT molecular complexity index is 523. The summed E-state index contributed by atoms with van der Waals surface area (Å²) < 4.78 is 41.0. The van der Waals surface area contributed by atoms with Crippen LogP contribution in [0.25, 0.3) is 0 Å². The van der Waals surface area contributed by atoms with Crippen molar-refractivity contribution >= 4 is 0 Å². The van der Waals surface area contributed by atoms with Crippen LogP contribution in [0.4, 0.5) is 13.2 Å². The molecule has 0 bridgehead atoms. The Morgan fingerprint density at radius 3 is 1.77 bits per heavy atom. The van der Waals surface area contributed by atoms with Gasteiger partial charge in [-0.15, -0.1) is 0 Å². The fourth-order valence-corrected chi connectivity index (χ4v) is 4.04. The molecule has 1 aromatic rings. The lowest BCUT2D eigenvalue weighted by atomic mass is 9.67. The summed E-state index contributed by atoms with van der Waals surface area (Å²) in [5.41, 5.74) is -0.764. The van der Waals surface area contributed by atoms with Crippen LogP contribution in [0.3, 0.4) is 0 Å². The minimum Gasteiger partial charge on any atom is -0.389 e. The van der Waals surface area contributed by atoms with Crippen LogP contribution in [0, 0.1) is 29.3 Å². The number of hydrogen-bond acceptors (Lipinski definition) is 1. The van der Waals surface area contributed by atoms with E-state index in [9.17, 15) is 18.3 Å². The zero-order chi connectivity index (χ0) is 19.9. The molecule has 0 aliphatic carbocycles. The number of aliphatic hydroxyl groups is 1. The predicted octanol–water partition coefficient (Wildman–Crippen LogP) is 6.98. The first-order valence-electron chi connectivity index (χ1n) is 10.0. The molecule has 1 rings (SSSR count). The summed E-state index contributed by atoms with van der Waals surface area (Å²) in [5.74, 6) is -4.46. The van der Waals surface area contributed by atoms with Gasteiger partial charge in [0.1, 0.15) is 0 Å². The predicted molar refractivity (Wildman–Crippen MR) is 102 cm³/mol. The molecule has 0 heterocycles. The van der Waals surface area contributed by atoms with Crippen molar-refractivity contribution < 1.29 is 18.3 Å². The average molecular weight is 373 g/mol. The van der Waals surface area contributed by atoms with Gasteiger partial charge in [0.25, 0.3) is 0 Å². The number of rotatable bonds is 11. The fourth-order valence-electron chi connectivity index (χ4n) is 4.04. The highest BCUT2D eigenvalue weighted by molar-refractivity contribution is 5.26. The van der Waals surface area contributed by atoms with E-state index in [1.165, 1.54) is 19.3 Å². The first-order chi connectivity index (χ1) is 12.2.